The second-order valence-corrected chi connectivity index (χ2v) is 8.40. The minimum atomic E-state index is -0.165. The maximum atomic E-state index is 13.0. The van der Waals surface area contributed by atoms with Crippen molar-refractivity contribution in [3.63, 3.8) is 0 Å². The van der Waals surface area contributed by atoms with Crippen molar-refractivity contribution in [3.8, 4) is 0 Å². The molecular weight excluding hydrogens is 404 g/mol. The Morgan fingerprint density at radius 3 is 2.93 bits per heavy atom. The number of aromatic nitrogens is 2. The fraction of sp³-hybridized carbons (Fsp3) is 0.429. The van der Waals surface area contributed by atoms with Crippen LogP contribution in [-0.2, 0) is 11.2 Å². The molecule has 1 aromatic carbocycles. The van der Waals surface area contributed by atoms with Crippen molar-refractivity contribution in [3.05, 3.63) is 46.1 Å². The summed E-state index contributed by atoms with van der Waals surface area (Å²) in [6, 6.07) is 8.02. The summed E-state index contributed by atoms with van der Waals surface area (Å²) in [5.41, 5.74) is 1.74. The molecule has 1 unspecified atom stereocenters. The van der Waals surface area contributed by atoms with Crippen LogP contribution in [0.15, 0.2) is 28.9 Å². The molecule has 0 bridgehead atoms. The Bertz CT molecular complexity index is 1060. The number of aryl methyl sites for hydroxylation is 1. The van der Waals surface area contributed by atoms with Gasteiger partial charge >= 0.3 is 0 Å². The van der Waals surface area contributed by atoms with Gasteiger partial charge in [-0.05, 0) is 48.4 Å². The molecule has 30 heavy (non-hydrogen) atoms. The van der Waals surface area contributed by atoms with Crippen LogP contribution in [0.1, 0.15) is 44.3 Å². The van der Waals surface area contributed by atoms with Gasteiger partial charge in [0.15, 0.2) is 5.69 Å². The number of nitrogens with one attached hydrogen (secondary N) is 1. The molecule has 0 saturated carbocycles. The third-order valence-corrected chi connectivity index (χ3v) is 6.64. The second kappa shape index (κ2) is 8.93. The number of likely N-dealkylation sites (tertiary alicyclic amines) is 1. The lowest BCUT2D eigenvalue weighted by molar-refractivity contribution is 0.0725. The molecule has 8 nitrogen and oxygen atoms in total. The van der Waals surface area contributed by atoms with Gasteiger partial charge in [-0.25, -0.2) is 4.63 Å². The van der Waals surface area contributed by atoms with Gasteiger partial charge in [-0.1, -0.05) is 23.4 Å². The smallest absolute Gasteiger partial charge is 0.278 e. The molecule has 0 spiro atoms. The van der Waals surface area contributed by atoms with Gasteiger partial charge in [0, 0.05) is 30.9 Å². The molecule has 1 aliphatic heterocycles. The Morgan fingerprint density at radius 1 is 1.33 bits per heavy atom. The molecule has 2 amide bonds. The van der Waals surface area contributed by atoms with Crippen molar-refractivity contribution in [1.82, 2.24) is 20.5 Å². The van der Waals surface area contributed by atoms with Crippen LogP contribution in [0.3, 0.4) is 0 Å². The zero-order valence-electron chi connectivity index (χ0n) is 17.0. The summed E-state index contributed by atoms with van der Waals surface area (Å²) in [5.74, 6) is -0.266. The summed E-state index contributed by atoms with van der Waals surface area (Å²) in [7, 11) is 1.61. The first-order valence-corrected chi connectivity index (χ1v) is 10.8. The highest BCUT2D eigenvalue weighted by Crippen LogP contribution is 2.34. The quantitative estimate of drug-likeness (QED) is 0.581. The highest BCUT2D eigenvalue weighted by Gasteiger charge is 2.33. The zero-order valence-corrected chi connectivity index (χ0v) is 17.8. The number of nitrogens with zero attached hydrogens (tertiary/aromatic N) is 3. The van der Waals surface area contributed by atoms with Crippen molar-refractivity contribution in [1.29, 1.82) is 0 Å². The molecule has 158 valence electrons. The van der Waals surface area contributed by atoms with Crippen molar-refractivity contribution in [2.45, 2.75) is 32.2 Å². The van der Waals surface area contributed by atoms with E-state index in [0.717, 1.165) is 28.5 Å². The predicted octanol–water partition coefficient (Wildman–Crippen LogP) is 2.82. The number of rotatable bonds is 7. The third-order valence-electron chi connectivity index (χ3n) is 5.43. The SMILES string of the molecule is COCCNC(=O)c1sc2ccccc2c1CC1CCCN1C(=O)c1nonc1C. The molecule has 3 aromatic rings. The Labute approximate surface area is 178 Å². The van der Waals surface area contributed by atoms with E-state index in [-0.39, 0.29) is 23.6 Å². The van der Waals surface area contributed by atoms with Gasteiger partial charge in [-0.2, -0.15) is 0 Å². The van der Waals surface area contributed by atoms with Crippen LogP contribution in [0.5, 0.6) is 0 Å². The lowest BCUT2D eigenvalue weighted by Crippen LogP contribution is -2.37. The first-order valence-electron chi connectivity index (χ1n) is 9.97. The molecule has 2 aromatic heterocycles. The number of ether oxygens (including phenoxy) is 1. The van der Waals surface area contributed by atoms with E-state index in [9.17, 15) is 9.59 Å². The van der Waals surface area contributed by atoms with Gasteiger partial charge in [0.1, 0.15) is 5.69 Å². The number of methoxy groups -OCH3 is 1. The largest absolute Gasteiger partial charge is 0.383 e. The summed E-state index contributed by atoms with van der Waals surface area (Å²) in [6.45, 7) is 3.29. The number of benzene rings is 1. The molecule has 1 saturated heterocycles. The predicted molar refractivity (Wildman–Crippen MR) is 113 cm³/mol. The minimum Gasteiger partial charge on any atom is -0.383 e. The summed E-state index contributed by atoms with van der Waals surface area (Å²) in [5, 5.41) is 11.5. The molecule has 1 fully saturated rings. The Morgan fingerprint density at radius 2 is 2.17 bits per heavy atom. The molecule has 0 aliphatic carbocycles. The van der Waals surface area contributed by atoms with E-state index in [0.29, 0.717) is 36.7 Å². The van der Waals surface area contributed by atoms with Gasteiger partial charge in [0.05, 0.1) is 11.5 Å². The monoisotopic (exact) mass is 428 g/mol. The third kappa shape index (κ3) is 3.95. The maximum Gasteiger partial charge on any atom is 0.278 e. The van der Waals surface area contributed by atoms with Gasteiger partial charge in [-0.15, -0.1) is 11.3 Å². The Hall–Kier alpha value is -2.78. The van der Waals surface area contributed by atoms with E-state index in [2.05, 4.69) is 15.6 Å². The fourth-order valence-electron chi connectivity index (χ4n) is 3.94. The summed E-state index contributed by atoms with van der Waals surface area (Å²) in [6.07, 6.45) is 2.41. The highest BCUT2D eigenvalue weighted by atomic mass is 32.1. The van der Waals surface area contributed by atoms with Crippen molar-refractivity contribution in [2.75, 3.05) is 26.8 Å². The van der Waals surface area contributed by atoms with E-state index >= 15 is 0 Å². The van der Waals surface area contributed by atoms with Crippen LogP contribution in [-0.4, -0.2) is 59.9 Å². The Balaban J connectivity index is 1.62. The molecule has 1 N–H and O–H groups in total. The number of amides is 2. The Kier molecular flexibility index (Phi) is 6.10. The molecule has 4 rings (SSSR count). The number of hydrogen-bond acceptors (Lipinski definition) is 7. The number of carbonyl (C=O) groups is 2. The summed E-state index contributed by atoms with van der Waals surface area (Å²) in [4.78, 5) is 28.4. The first-order chi connectivity index (χ1) is 14.6. The van der Waals surface area contributed by atoms with Gasteiger partial charge in [-0.3, -0.25) is 9.59 Å². The molecule has 1 atom stereocenters. The number of fused-ring (bicyclic) bond motifs is 1. The first kappa shape index (κ1) is 20.5. The van der Waals surface area contributed by atoms with Crippen LogP contribution in [0, 0.1) is 6.92 Å². The van der Waals surface area contributed by atoms with Crippen LogP contribution in [0.4, 0.5) is 0 Å². The van der Waals surface area contributed by atoms with Gasteiger partial charge in [0.2, 0.25) is 0 Å². The average Bonchev–Trinajstić information content (AvgIpc) is 3.47. The molecular formula is C21H24N4O4S. The molecule has 3 heterocycles. The lowest BCUT2D eigenvalue weighted by Gasteiger charge is -2.24. The standard InChI is InChI=1S/C21H24N4O4S/c1-13-18(24-29-23-13)21(27)25-10-5-6-14(25)12-16-15-7-3-4-8-17(15)30-19(16)20(26)22-9-11-28-2/h3-4,7-8,14H,5-6,9-12H2,1-2H3,(H,22,26). The van der Waals surface area contributed by atoms with E-state index in [1.54, 1.807) is 14.0 Å². The van der Waals surface area contributed by atoms with E-state index in [1.165, 1.54) is 11.3 Å². The van der Waals surface area contributed by atoms with Crippen LogP contribution >= 0.6 is 11.3 Å². The second-order valence-electron chi connectivity index (χ2n) is 7.35. The van der Waals surface area contributed by atoms with Gasteiger partial charge in [0.25, 0.3) is 11.8 Å². The molecule has 1 aliphatic rings. The zero-order chi connectivity index (χ0) is 21.1. The van der Waals surface area contributed by atoms with Crippen LogP contribution < -0.4 is 5.32 Å². The summed E-state index contributed by atoms with van der Waals surface area (Å²) >= 11 is 1.49. The number of carbonyl (C=O) groups excluding carboxylic acids is 2. The van der Waals surface area contributed by atoms with Crippen LogP contribution in [0.2, 0.25) is 0 Å². The van der Waals surface area contributed by atoms with E-state index in [1.807, 2.05) is 29.2 Å². The van der Waals surface area contributed by atoms with Crippen molar-refractivity contribution in [2.24, 2.45) is 0 Å². The highest BCUT2D eigenvalue weighted by molar-refractivity contribution is 7.21. The van der Waals surface area contributed by atoms with Crippen molar-refractivity contribution < 1.29 is 19.0 Å². The topological polar surface area (TPSA) is 97.6 Å². The van der Waals surface area contributed by atoms with Crippen molar-refractivity contribution >= 4 is 33.2 Å². The maximum absolute atomic E-state index is 13.0. The number of thiophene rings is 1. The normalized spacial score (nSPS) is 16.3. The molecule has 0 radical (unpaired) electrons. The van der Waals surface area contributed by atoms with Gasteiger partial charge < -0.3 is 15.0 Å². The average molecular weight is 429 g/mol. The fourth-order valence-corrected chi connectivity index (χ4v) is 5.09. The minimum absolute atomic E-state index is 0.00266. The lowest BCUT2D eigenvalue weighted by atomic mass is 10.00. The van der Waals surface area contributed by atoms with E-state index in [4.69, 9.17) is 9.37 Å². The van der Waals surface area contributed by atoms with Crippen LogP contribution in [0.25, 0.3) is 10.1 Å². The summed E-state index contributed by atoms with van der Waals surface area (Å²) < 4.78 is 10.8. The number of hydrogen-bond donors (Lipinski definition) is 1. The van der Waals surface area contributed by atoms with E-state index < -0.39 is 0 Å². The molecule has 9 heteroatoms.